The molecular weight excluding hydrogens is 367 g/mol. The SMILES string of the molecule is COC1(c2ccc(S(C)(=O)=O)cc2)NC(c2ccc(F)cc2)=CC=C1C#N. The summed E-state index contributed by atoms with van der Waals surface area (Å²) in [7, 11) is -1.89. The first kappa shape index (κ1) is 18.8. The summed E-state index contributed by atoms with van der Waals surface area (Å²) in [4.78, 5) is 0.171. The predicted molar refractivity (Wildman–Crippen MR) is 99.4 cm³/mol. The van der Waals surface area contributed by atoms with Gasteiger partial charge in [-0.3, -0.25) is 0 Å². The fourth-order valence-electron chi connectivity index (χ4n) is 2.94. The molecule has 0 amide bonds. The number of nitrogens with zero attached hydrogens (tertiary/aromatic N) is 1. The van der Waals surface area contributed by atoms with Gasteiger partial charge in [-0.1, -0.05) is 24.3 Å². The summed E-state index contributed by atoms with van der Waals surface area (Å²) in [5, 5.41) is 12.8. The van der Waals surface area contributed by atoms with Crippen molar-refractivity contribution < 1.29 is 17.5 Å². The molecule has 0 spiro atoms. The van der Waals surface area contributed by atoms with Crippen molar-refractivity contribution in [3.8, 4) is 6.07 Å². The summed E-state index contributed by atoms with van der Waals surface area (Å²) < 4.78 is 42.3. The third-order valence-corrected chi connectivity index (χ3v) is 5.51. The summed E-state index contributed by atoms with van der Waals surface area (Å²) in [6, 6.07) is 14.2. The first-order valence-corrected chi connectivity index (χ1v) is 9.92. The van der Waals surface area contributed by atoms with Gasteiger partial charge in [0, 0.05) is 24.6 Å². The van der Waals surface area contributed by atoms with Gasteiger partial charge >= 0.3 is 0 Å². The summed E-state index contributed by atoms with van der Waals surface area (Å²) in [6.45, 7) is 0. The number of rotatable bonds is 4. The van der Waals surface area contributed by atoms with Crippen molar-refractivity contribution in [1.29, 1.82) is 5.26 Å². The third-order valence-electron chi connectivity index (χ3n) is 4.38. The van der Waals surface area contributed by atoms with Crippen LogP contribution < -0.4 is 5.32 Å². The number of methoxy groups -OCH3 is 1. The summed E-state index contributed by atoms with van der Waals surface area (Å²) in [5.41, 5.74) is 0.950. The Balaban J connectivity index is 2.08. The second kappa shape index (κ2) is 6.99. The maximum Gasteiger partial charge on any atom is 0.201 e. The second-order valence-electron chi connectivity index (χ2n) is 6.09. The Hall–Kier alpha value is -2.95. The monoisotopic (exact) mass is 384 g/mol. The minimum atomic E-state index is -3.34. The van der Waals surface area contributed by atoms with Gasteiger partial charge in [-0.05, 0) is 42.0 Å². The molecule has 3 rings (SSSR count). The summed E-state index contributed by atoms with van der Waals surface area (Å²) in [5.74, 6) is -0.349. The molecule has 2 aromatic rings. The van der Waals surface area contributed by atoms with Crippen LogP contribution in [0.25, 0.3) is 5.70 Å². The molecule has 1 atom stereocenters. The van der Waals surface area contributed by atoms with Crippen molar-refractivity contribution in [3.05, 3.63) is 83.2 Å². The number of nitriles is 1. The molecule has 1 N–H and O–H groups in total. The van der Waals surface area contributed by atoms with Gasteiger partial charge in [0.2, 0.25) is 5.72 Å². The minimum Gasteiger partial charge on any atom is -0.350 e. The van der Waals surface area contributed by atoms with Gasteiger partial charge in [-0.25, -0.2) is 12.8 Å². The molecule has 1 unspecified atom stereocenters. The summed E-state index contributed by atoms with van der Waals surface area (Å²) in [6.07, 6.45) is 4.47. The van der Waals surface area contributed by atoms with Gasteiger partial charge in [0.25, 0.3) is 0 Å². The number of hydrogen-bond donors (Lipinski definition) is 1. The molecule has 1 heterocycles. The molecule has 0 saturated carbocycles. The Morgan fingerprint density at radius 1 is 1.07 bits per heavy atom. The molecule has 0 aromatic heterocycles. The largest absolute Gasteiger partial charge is 0.350 e. The average Bonchev–Trinajstić information content (AvgIpc) is 2.67. The highest BCUT2D eigenvalue weighted by molar-refractivity contribution is 7.90. The van der Waals surface area contributed by atoms with E-state index < -0.39 is 15.6 Å². The number of sulfone groups is 1. The molecule has 0 bridgehead atoms. The molecule has 1 aliphatic heterocycles. The summed E-state index contributed by atoms with van der Waals surface area (Å²) >= 11 is 0. The zero-order chi connectivity index (χ0) is 19.7. The van der Waals surface area contributed by atoms with E-state index in [1.807, 2.05) is 0 Å². The highest BCUT2D eigenvalue weighted by atomic mass is 32.2. The van der Waals surface area contributed by atoms with Gasteiger partial charge in [0.05, 0.1) is 10.5 Å². The Kier molecular flexibility index (Phi) is 4.87. The van der Waals surface area contributed by atoms with E-state index in [4.69, 9.17) is 4.74 Å². The Morgan fingerprint density at radius 2 is 1.70 bits per heavy atom. The standard InChI is InChI=1S/C20H17FN2O3S/c1-26-20(15-5-10-18(11-6-15)27(2,24)25)16(13-22)7-12-19(23-20)14-3-8-17(21)9-4-14/h3-12,23H,1-2H3. The molecule has 2 aromatic carbocycles. The number of allylic oxidation sites excluding steroid dienone is 2. The maximum atomic E-state index is 13.2. The molecular formula is C20H17FN2O3S. The fraction of sp³-hybridized carbons (Fsp3) is 0.150. The number of nitrogens with one attached hydrogen (secondary N) is 1. The smallest absolute Gasteiger partial charge is 0.201 e. The molecule has 27 heavy (non-hydrogen) atoms. The van der Waals surface area contributed by atoms with E-state index in [1.165, 1.54) is 31.4 Å². The van der Waals surface area contributed by atoms with Crippen LogP contribution in [-0.4, -0.2) is 21.8 Å². The van der Waals surface area contributed by atoms with Gasteiger partial charge in [-0.2, -0.15) is 5.26 Å². The highest BCUT2D eigenvalue weighted by Gasteiger charge is 2.39. The molecule has 1 aliphatic rings. The van der Waals surface area contributed by atoms with Crippen molar-refractivity contribution in [3.63, 3.8) is 0 Å². The lowest BCUT2D eigenvalue weighted by molar-refractivity contribution is 0.00500. The van der Waals surface area contributed by atoms with Crippen LogP contribution in [0.3, 0.4) is 0 Å². The van der Waals surface area contributed by atoms with Crippen molar-refractivity contribution in [1.82, 2.24) is 5.32 Å². The molecule has 0 radical (unpaired) electrons. The molecule has 0 aliphatic carbocycles. The van der Waals surface area contributed by atoms with E-state index in [2.05, 4.69) is 11.4 Å². The Labute approximate surface area is 157 Å². The average molecular weight is 384 g/mol. The Bertz CT molecular complexity index is 1070. The zero-order valence-corrected chi connectivity index (χ0v) is 15.5. The normalized spacial score (nSPS) is 19.5. The van der Waals surface area contributed by atoms with E-state index in [9.17, 15) is 18.1 Å². The van der Waals surface area contributed by atoms with E-state index in [0.29, 0.717) is 16.8 Å². The molecule has 7 heteroatoms. The molecule has 5 nitrogen and oxygen atoms in total. The van der Waals surface area contributed by atoms with Crippen molar-refractivity contribution in [2.45, 2.75) is 10.6 Å². The highest BCUT2D eigenvalue weighted by Crippen LogP contribution is 2.36. The number of benzene rings is 2. The van der Waals surface area contributed by atoms with Gasteiger partial charge < -0.3 is 10.1 Å². The van der Waals surface area contributed by atoms with E-state index >= 15 is 0 Å². The molecule has 0 saturated heterocycles. The van der Waals surface area contributed by atoms with Gasteiger partial charge in [0.15, 0.2) is 9.84 Å². The van der Waals surface area contributed by atoms with E-state index in [-0.39, 0.29) is 10.7 Å². The first-order chi connectivity index (χ1) is 12.8. The van der Waals surface area contributed by atoms with Crippen LogP contribution in [-0.2, 0) is 20.3 Å². The van der Waals surface area contributed by atoms with Crippen LogP contribution in [0.1, 0.15) is 11.1 Å². The lowest BCUT2D eigenvalue weighted by Crippen LogP contribution is -2.46. The van der Waals surface area contributed by atoms with Crippen LogP contribution >= 0.6 is 0 Å². The van der Waals surface area contributed by atoms with E-state index in [0.717, 1.165) is 11.8 Å². The Morgan fingerprint density at radius 3 is 2.22 bits per heavy atom. The lowest BCUT2D eigenvalue weighted by atomic mass is 9.90. The van der Waals surface area contributed by atoms with Crippen LogP contribution in [0, 0.1) is 17.1 Å². The zero-order valence-electron chi connectivity index (χ0n) is 14.7. The number of hydrogen-bond acceptors (Lipinski definition) is 5. The van der Waals surface area contributed by atoms with E-state index in [1.54, 1.807) is 36.4 Å². The lowest BCUT2D eigenvalue weighted by Gasteiger charge is -2.37. The first-order valence-electron chi connectivity index (χ1n) is 8.02. The third kappa shape index (κ3) is 3.50. The number of ether oxygens (including phenoxy) is 1. The van der Waals surface area contributed by atoms with Crippen molar-refractivity contribution in [2.24, 2.45) is 0 Å². The molecule has 138 valence electrons. The van der Waals surface area contributed by atoms with Crippen LogP contribution in [0.2, 0.25) is 0 Å². The second-order valence-corrected chi connectivity index (χ2v) is 8.10. The number of dihydropyridines is 1. The quantitative estimate of drug-likeness (QED) is 0.876. The predicted octanol–water partition coefficient (Wildman–Crippen LogP) is 3.12. The molecule has 0 fully saturated rings. The van der Waals surface area contributed by atoms with Gasteiger partial charge in [-0.15, -0.1) is 0 Å². The topological polar surface area (TPSA) is 79.2 Å². The van der Waals surface area contributed by atoms with Gasteiger partial charge in [0.1, 0.15) is 11.9 Å². The minimum absolute atomic E-state index is 0.171. The van der Waals surface area contributed by atoms with Crippen LogP contribution in [0.5, 0.6) is 0 Å². The number of halogens is 1. The fourth-order valence-corrected chi connectivity index (χ4v) is 3.57. The maximum absolute atomic E-state index is 13.2. The van der Waals surface area contributed by atoms with Crippen molar-refractivity contribution >= 4 is 15.5 Å². The van der Waals surface area contributed by atoms with Crippen LogP contribution in [0.4, 0.5) is 4.39 Å². The van der Waals surface area contributed by atoms with Crippen LogP contribution in [0.15, 0.2) is 71.2 Å². The van der Waals surface area contributed by atoms with Crippen molar-refractivity contribution in [2.75, 3.05) is 13.4 Å².